The third-order valence-corrected chi connectivity index (χ3v) is 7.26. The quantitative estimate of drug-likeness (QED) is 0.444. The van der Waals surface area contributed by atoms with Gasteiger partial charge in [0.2, 0.25) is 5.91 Å². The lowest BCUT2D eigenvalue weighted by Crippen LogP contribution is -2.40. The van der Waals surface area contributed by atoms with Crippen molar-refractivity contribution in [3.63, 3.8) is 0 Å². The maximum Gasteiger partial charge on any atom is 0.305 e. The topological polar surface area (TPSA) is 138 Å². The molecule has 12 heteroatoms. The first-order valence-corrected chi connectivity index (χ1v) is 11.9. The van der Waals surface area contributed by atoms with Gasteiger partial charge in [-0.1, -0.05) is 30.0 Å². The number of primary amides is 1. The minimum Gasteiger partial charge on any atom is -0.481 e. The molecule has 178 valence electrons. The van der Waals surface area contributed by atoms with E-state index in [-0.39, 0.29) is 45.1 Å². The lowest BCUT2D eigenvalue weighted by molar-refractivity contribution is -0.137. The van der Waals surface area contributed by atoms with E-state index in [1.165, 1.54) is 15.4 Å². The molecule has 2 aromatic rings. The average Bonchev–Trinajstić information content (AvgIpc) is 3.06. The van der Waals surface area contributed by atoms with Crippen molar-refractivity contribution in [2.45, 2.75) is 26.2 Å². The van der Waals surface area contributed by atoms with Crippen LogP contribution in [0.1, 0.15) is 30.4 Å². The van der Waals surface area contributed by atoms with Gasteiger partial charge in [-0.15, -0.1) is 0 Å². The highest BCUT2D eigenvalue weighted by Crippen LogP contribution is 2.34. The Labute approximate surface area is 204 Å². The van der Waals surface area contributed by atoms with Gasteiger partial charge in [-0.3, -0.25) is 28.5 Å². The molecule has 34 heavy (non-hydrogen) atoms. The van der Waals surface area contributed by atoms with Crippen LogP contribution < -0.4 is 16.2 Å². The number of aromatic nitrogens is 2. The van der Waals surface area contributed by atoms with Gasteiger partial charge in [0.05, 0.1) is 16.9 Å². The number of pyridine rings is 1. The summed E-state index contributed by atoms with van der Waals surface area (Å²) in [6.45, 7) is 2.80. The minimum absolute atomic E-state index is 0.0427. The number of nitrogens with zero attached hydrogens (tertiary/aromatic N) is 4. The fourth-order valence-corrected chi connectivity index (χ4v) is 5.31. The van der Waals surface area contributed by atoms with Crippen molar-refractivity contribution in [2.24, 2.45) is 11.7 Å². The Balaban J connectivity index is 1.77. The number of carbonyl (C=O) groups excluding carboxylic acids is 2. The van der Waals surface area contributed by atoms with E-state index in [0.29, 0.717) is 37.4 Å². The number of anilines is 1. The number of rotatable bonds is 6. The third kappa shape index (κ3) is 4.68. The van der Waals surface area contributed by atoms with E-state index in [1.807, 2.05) is 17.9 Å². The predicted octanol–water partition coefficient (Wildman–Crippen LogP) is 1.38. The molecule has 2 saturated heterocycles. The summed E-state index contributed by atoms with van der Waals surface area (Å²) in [5, 5.41) is 8.95. The van der Waals surface area contributed by atoms with Crippen molar-refractivity contribution in [2.75, 3.05) is 24.5 Å². The van der Waals surface area contributed by atoms with E-state index in [0.717, 1.165) is 17.3 Å². The van der Waals surface area contributed by atoms with Crippen molar-refractivity contribution >= 4 is 63.6 Å². The molecule has 0 atom stereocenters. The Kier molecular flexibility index (Phi) is 6.71. The monoisotopic (exact) mass is 501 g/mol. The molecule has 4 heterocycles. The molecule has 2 aliphatic heterocycles. The first-order chi connectivity index (χ1) is 16.2. The molecule has 0 aromatic carbocycles. The smallest absolute Gasteiger partial charge is 0.305 e. The van der Waals surface area contributed by atoms with E-state index in [1.54, 1.807) is 12.3 Å². The molecule has 2 fully saturated rings. The van der Waals surface area contributed by atoms with Crippen LogP contribution in [-0.4, -0.2) is 61.1 Å². The van der Waals surface area contributed by atoms with E-state index < -0.39 is 11.9 Å². The molecule has 4 rings (SSSR count). The number of carbonyl (C=O) groups is 3. The Hall–Kier alpha value is -3.25. The second-order valence-corrected chi connectivity index (χ2v) is 9.91. The number of thioether (sulfide) groups is 1. The maximum atomic E-state index is 13.5. The van der Waals surface area contributed by atoms with Crippen LogP contribution in [0.2, 0.25) is 0 Å². The molecule has 2 aromatic heterocycles. The van der Waals surface area contributed by atoms with Gasteiger partial charge in [0, 0.05) is 31.7 Å². The molecule has 2 aliphatic rings. The standard InChI is InChI=1S/C22H23N5O5S2/c1-12-2-3-16-24-19(25-7-4-13(5-8-25)18(23)30)14(20(31)27(16)11-12)10-15-21(32)26(22(33)34-15)9-6-17(28)29/h2-3,10-11,13H,4-9H2,1H3,(H2,23,30)(H,28,29). The number of hydrogen-bond donors (Lipinski definition) is 2. The maximum absolute atomic E-state index is 13.5. The number of piperidine rings is 1. The van der Waals surface area contributed by atoms with Crippen LogP contribution in [-0.2, 0) is 14.4 Å². The van der Waals surface area contributed by atoms with Gasteiger partial charge in [0.15, 0.2) is 0 Å². The molecule has 0 saturated carbocycles. The van der Waals surface area contributed by atoms with Crippen LogP contribution in [0.4, 0.5) is 5.82 Å². The summed E-state index contributed by atoms with van der Waals surface area (Å²) in [6.07, 6.45) is 4.02. The Morgan fingerprint density at radius 3 is 2.65 bits per heavy atom. The van der Waals surface area contributed by atoms with Crippen LogP contribution in [0, 0.1) is 12.8 Å². The Bertz CT molecular complexity index is 1300. The average molecular weight is 502 g/mol. The third-order valence-electron chi connectivity index (χ3n) is 5.88. The fraction of sp³-hybridized carbons (Fsp3) is 0.364. The van der Waals surface area contributed by atoms with Crippen LogP contribution in [0.25, 0.3) is 11.7 Å². The highest BCUT2D eigenvalue weighted by Gasteiger charge is 2.33. The van der Waals surface area contributed by atoms with E-state index in [9.17, 15) is 19.2 Å². The SMILES string of the molecule is Cc1ccc2nc(N3CCC(C(N)=O)CC3)c(C=C3SC(=S)N(CCC(=O)O)C3=O)c(=O)n2c1. The molecular formula is C22H23N5O5S2. The molecular weight excluding hydrogens is 478 g/mol. The van der Waals surface area contributed by atoms with E-state index in [4.69, 9.17) is 28.0 Å². The van der Waals surface area contributed by atoms with Crippen molar-refractivity contribution in [1.29, 1.82) is 0 Å². The van der Waals surface area contributed by atoms with E-state index >= 15 is 0 Å². The van der Waals surface area contributed by atoms with Crippen LogP contribution in [0.5, 0.6) is 0 Å². The summed E-state index contributed by atoms with van der Waals surface area (Å²) in [5.41, 5.74) is 6.70. The summed E-state index contributed by atoms with van der Waals surface area (Å²) in [6, 6.07) is 3.61. The first kappa shape index (κ1) is 23.9. The number of carboxylic acid groups (broad SMARTS) is 1. The number of nitrogens with two attached hydrogens (primary N) is 1. The molecule has 2 amide bonds. The predicted molar refractivity (Wildman–Crippen MR) is 132 cm³/mol. The van der Waals surface area contributed by atoms with Crippen molar-refractivity contribution < 1.29 is 19.5 Å². The number of fused-ring (bicyclic) bond motifs is 1. The fourth-order valence-electron chi connectivity index (χ4n) is 4.02. The lowest BCUT2D eigenvalue weighted by atomic mass is 9.96. The zero-order chi connectivity index (χ0) is 24.6. The van der Waals surface area contributed by atoms with Gasteiger partial charge in [0.1, 0.15) is 15.8 Å². The lowest BCUT2D eigenvalue weighted by Gasteiger charge is -2.32. The normalized spacial score (nSPS) is 18.3. The number of amides is 2. The number of hydrogen-bond acceptors (Lipinski definition) is 8. The van der Waals surface area contributed by atoms with Crippen molar-refractivity contribution in [1.82, 2.24) is 14.3 Å². The highest BCUT2D eigenvalue weighted by atomic mass is 32.2. The zero-order valence-electron chi connectivity index (χ0n) is 18.4. The Morgan fingerprint density at radius 2 is 2.00 bits per heavy atom. The summed E-state index contributed by atoms with van der Waals surface area (Å²) >= 11 is 6.29. The molecule has 0 bridgehead atoms. The zero-order valence-corrected chi connectivity index (χ0v) is 20.0. The number of thiocarbonyl (C=S) groups is 1. The molecule has 0 spiro atoms. The van der Waals surface area contributed by atoms with Gasteiger partial charge in [0.25, 0.3) is 11.5 Å². The number of aryl methyl sites for hydroxylation is 1. The van der Waals surface area contributed by atoms with Crippen LogP contribution in [0.15, 0.2) is 28.0 Å². The second kappa shape index (κ2) is 9.55. The molecule has 10 nitrogen and oxygen atoms in total. The molecule has 3 N–H and O–H groups in total. The molecule has 0 radical (unpaired) electrons. The summed E-state index contributed by atoms with van der Waals surface area (Å²) in [5.74, 6) is -1.62. The van der Waals surface area contributed by atoms with Crippen molar-refractivity contribution in [3.8, 4) is 0 Å². The first-order valence-electron chi connectivity index (χ1n) is 10.7. The second-order valence-electron chi connectivity index (χ2n) is 8.23. The largest absolute Gasteiger partial charge is 0.481 e. The van der Waals surface area contributed by atoms with Gasteiger partial charge in [-0.05, 0) is 37.5 Å². The van der Waals surface area contributed by atoms with E-state index in [2.05, 4.69) is 0 Å². The minimum atomic E-state index is -1.04. The summed E-state index contributed by atoms with van der Waals surface area (Å²) in [4.78, 5) is 57.1. The summed E-state index contributed by atoms with van der Waals surface area (Å²) in [7, 11) is 0. The van der Waals surface area contributed by atoms with Crippen LogP contribution in [0.3, 0.4) is 0 Å². The summed E-state index contributed by atoms with van der Waals surface area (Å²) < 4.78 is 1.68. The van der Waals surface area contributed by atoms with Gasteiger partial charge < -0.3 is 15.7 Å². The molecule has 0 aliphatic carbocycles. The van der Waals surface area contributed by atoms with Gasteiger partial charge in [-0.25, -0.2) is 4.98 Å². The Morgan fingerprint density at radius 1 is 1.29 bits per heavy atom. The number of aliphatic carboxylic acids is 1. The van der Waals surface area contributed by atoms with Gasteiger partial charge in [-0.2, -0.15) is 0 Å². The van der Waals surface area contributed by atoms with Gasteiger partial charge >= 0.3 is 5.97 Å². The highest BCUT2D eigenvalue weighted by molar-refractivity contribution is 8.26. The number of carboxylic acids is 1. The van der Waals surface area contributed by atoms with Crippen molar-refractivity contribution in [3.05, 3.63) is 44.7 Å². The van der Waals surface area contributed by atoms with Crippen LogP contribution >= 0.6 is 24.0 Å². The molecule has 0 unspecified atom stereocenters.